The van der Waals surface area contributed by atoms with Crippen LogP contribution in [0.3, 0.4) is 0 Å². The van der Waals surface area contributed by atoms with Gasteiger partial charge in [0, 0.05) is 50.3 Å². The van der Waals surface area contributed by atoms with Crippen LogP contribution in [0.25, 0.3) is 0 Å². The van der Waals surface area contributed by atoms with E-state index in [4.69, 9.17) is 0 Å². The van der Waals surface area contributed by atoms with Crippen molar-refractivity contribution in [2.75, 3.05) is 39.5 Å². The molecule has 25 heavy (non-hydrogen) atoms. The lowest BCUT2D eigenvalue weighted by Crippen LogP contribution is -2.48. The van der Waals surface area contributed by atoms with Gasteiger partial charge in [-0.1, -0.05) is 19.1 Å². The van der Waals surface area contributed by atoms with Crippen LogP contribution in [0.5, 0.6) is 0 Å². The zero-order valence-electron chi connectivity index (χ0n) is 15.2. The summed E-state index contributed by atoms with van der Waals surface area (Å²) in [6.07, 6.45) is 2.06. The molecule has 0 saturated carbocycles. The average Bonchev–Trinajstić information content (AvgIpc) is 2.64. The monoisotopic (exact) mass is 476 g/mol. The van der Waals surface area contributed by atoms with Crippen molar-refractivity contribution in [3.63, 3.8) is 0 Å². The van der Waals surface area contributed by atoms with Gasteiger partial charge in [-0.3, -0.25) is 9.79 Å². The summed E-state index contributed by atoms with van der Waals surface area (Å²) in [5, 5.41) is 6.82. The molecule has 0 spiro atoms. The van der Waals surface area contributed by atoms with Gasteiger partial charge in [0.1, 0.15) is 0 Å². The van der Waals surface area contributed by atoms with E-state index in [-0.39, 0.29) is 29.9 Å². The Morgan fingerprint density at radius 1 is 1.44 bits per heavy atom. The summed E-state index contributed by atoms with van der Waals surface area (Å²) in [6, 6.07) is 7.78. The quantitative estimate of drug-likeness (QED) is 0.390. The lowest BCUT2D eigenvalue weighted by atomic mass is 10.1. The Morgan fingerprint density at radius 2 is 2.24 bits per heavy atom. The summed E-state index contributed by atoms with van der Waals surface area (Å²) < 4.78 is 0. The van der Waals surface area contributed by atoms with Crippen molar-refractivity contribution < 1.29 is 4.79 Å². The molecule has 1 saturated heterocycles. The fraction of sp³-hybridized carbons (Fsp3) is 0.556. The highest BCUT2D eigenvalue weighted by molar-refractivity contribution is 14.0. The van der Waals surface area contributed by atoms with Gasteiger partial charge in [0.25, 0.3) is 5.91 Å². The SMILES string of the molecule is CCC1CN(C(=NC)NCCc2cccc(C(=O)NC)c2)CCS1.I. The first-order valence-electron chi connectivity index (χ1n) is 8.56. The van der Waals surface area contributed by atoms with Crippen LogP contribution in [0.1, 0.15) is 29.3 Å². The molecule has 1 amide bonds. The zero-order chi connectivity index (χ0) is 17.4. The summed E-state index contributed by atoms with van der Waals surface area (Å²) in [6.45, 7) is 5.17. The average molecular weight is 476 g/mol. The number of hydrogen-bond acceptors (Lipinski definition) is 3. The number of benzene rings is 1. The first kappa shape index (κ1) is 22.1. The van der Waals surface area contributed by atoms with E-state index in [0.717, 1.165) is 43.3 Å². The minimum Gasteiger partial charge on any atom is -0.356 e. The first-order valence-corrected chi connectivity index (χ1v) is 9.61. The van der Waals surface area contributed by atoms with Crippen LogP contribution in [0.4, 0.5) is 0 Å². The maximum Gasteiger partial charge on any atom is 0.251 e. The van der Waals surface area contributed by atoms with Crippen LogP contribution in [-0.2, 0) is 6.42 Å². The van der Waals surface area contributed by atoms with Crippen LogP contribution in [0, 0.1) is 0 Å². The Kier molecular flexibility index (Phi) is 10.3. The van der Waals surface area contributed by atoms with E-state index in [0.29, 0.717) is 10.8 Å². The number of nitrogens with one attached hydrogen (secondary N) is 2. The highest BCUT2D eigenvalue weighted by Gasteiger charge is 2.21. The Balaban J connectivity index is 0.00000312. The summed E-state index contributed by atoms with van der Waals surface area (Å²) in [4.78, 5) is 18.5. The number of carbonyl (C=O) groups is 1. The summed E-state index contributed by atoms with van der Waals surface area (Å²) >= 11 is 2.06. The number of hydrogen-bond donors (Lipinski definition) is 2. The van der Waals surface area contributed by atoms with E-state index >= 15 is 0 Å². The Hall–Kier alpha value is -0.960. The van der Waals surface area contributed by atoms with Gasteiger partial charge in [-0.25, -0.2) is 0 Å². The van der Waals surface area contributed by atoms with Gasteiger partial charge in [-0.05, 0) is 30.5 Å². The van der Waals surface area contributed by atoms with Gasteiger partial charge in [0.05, 0.1) is 0 Å². The molecule has 1 aliphatic rings. The Bertz CT molecular complexity index is 582. The third-order valence-electron chi connectivity index (χ3n) is 4.22. The highest BCUT2D eigenvalue weighted by atomic mass is 127. The predicted octanol–water partition coefficient (Wildman–Crippen LogP) is 2.61. The number of guanidine groups is 1. The maximum atomic E-state index is 11.7. The molecule has 1 aromatic rings. The first-order chi connectivity index (χ1) is 11.7. The van der Waals surface area contributed by atoms with Gasteiger partial charge in [0.2, 0.25) is 0 Å². The molecule has 0 radical (unpaired) electrons. The second-order valence-electron chi connectivity index (χ2n) is 5.85. The predicted molar refractivity (Wildman–Crippen MR) is 118 cm³/mol. The molecule has 140 valence electrons. The van der Waals surface area contributed by atoms with Crippen molar-refractivity contribution >= 4 is 47.6 Å². The van der Waals surface area contributed by atoms with Crippen molar-refractivity contribution in [1.29, 1.82) is 0 Å². The molecule has 5 nitrogen and oxygen atoms in total. The molecule has 7 heteroatoms. The number of carbonyl (C=O) groups excluding carboxylic acids is 1. The molecule has 1 heterocycles. The second-order valence-corrected chi connectivity index (χ2v) is 7.26. The van der Waals surface area contributed by atoms with Crippen LogP contribution in [-0.4, -0.2) is 61.5 Å². The summed E-state index contributed by atoms with van der Waals surface area (Å²) in [7, 11) is 3.50. The fourth-order valence-corrected chi connectivity index (χ4v) is 4.00. The third-order valence-corrected chi connectivity index (χ3v) is 5.59. The molecule has 2 N–H and O–H groups in total. The number of aliphatic imine (C=N–C) groups is 1. The van der Waals surface area contributed by atoms with Gasteiger partial charge in [-0.15, -0.1) is 24.0 Å². The molecule has 1 unspecified atom stereocenters. The molecule has 2 rings (SSSR count). The standard InChI is InChI=1S/C18H28N4OS.HI/c1-4-16-13-22(10-11-24-16)18(20-3)21-9-8-14-6-5-7-15(12-14)17(23)19-2;/h5-7,12,16H,4,8-11,13H2,1-3H3,(H,19,23)(H,20,21);1H. The van der Waals surface area contributed by atoms with E-state index in [1.807, 2.05) is 25.2 Å². The number of thioether (sulfide) groups is 1. The summed E-state index contributed by atoms with van der Waals surface area (Å²) in [5.41, 5.74) is 1.86. The Morgan fingerprint density at radius 3 is 2.92 bits per heavy atom. The van der Waals surface area contributed by atoms with Gasteiger partial charge < -0.3 is 15.5 Å². The van der Waals surface area contributed by atoms with Crippen LogP contribution in [0.15, 0.2) is 29.3 Å². The third kappa shape index (κ3) is 6.69. The van der Waals surface area contributed by atoms with Crippen molar-refractivity contribution in [3.8, 4) is 0 Å². The molecule has 0 aromatic heterocycles. The minimum atomic E-state index is -0.0444. The van der Waals surface area contributed by atoms with E-state index in [2.05, 4.69) is 45.3 Å². The van der Waals surface area contributed by atoms with Gasteiger partial charge in [-0.2, -0.15) is 11.8 Å². The topological polar surface area (TPSA) is 56.7 Å². The lowest BCUT2D eigenvalue weighted by Gasteiger charge is -2.34. The van der Waals surface area contributed by atoms with Crippen LogP contribution in [0.2, 0.25) is 0 Å². The molecule has 0 aliphatic carbocycles. The molecular weight excluding hydrogens is 447 g/mol. The number of rotatable bonds is 5. The number of amides is 1. The van der Waals surface area contributed by atoms with Crippen molar-refractivity contribution in [2.24, 2.45) is 4.99 Å². The smallest absolute Gasteiger partial charge is 0.251 e. The normalized spacial score (nSPS) is 17.6. The van der Waals surface area contributed by atoms with Crippen LogP contribution >= 0.6 is 35.7 Å². The zero-order valence-corrected chi connectivity index (χ0v) is 18.4. The molecule has 1 fully saturated rings. The minimum absolute atomic E-state index is 0. The molecule has 1 atom stereocenters. The van der Waals surface area contributed by atoms with Crippen LogP contribution < -0.4 is 10.6 Å². The molecule has 1 aromatic carbocycles. The maximum absolute atomic E-state index is 11.7. The molecule has 1 aliphatic heterocycles. The number of halogens is 1. The van der Waals surface area contributed by atoms with E-state index < -0.39 is 0 Å². The van der Waals surface area contributed by atoms with E-state index in [9.17, 15) is 4.79 Å². The lowest BCUT2D eigenvalue weighted by molar-refractivity contribution is 0.0963. The fourth-order valence-electron chi connectivity index (χ4n) is 2.82. The largest absolute Gasteiger partial charge is 0.356 e. The summed E-state index contributed by atoms with van der Waals surface area (Å²) in [5.74, 6) is 2.10. The molecule has 0 bridgehead atoms. The van der Waals surface area contributed by atoms with Crippen molar-refractivity contribution in [2.45, 2.75) is 25.0 Å². The second kappa shape index (κ2) is 11.6. The van der Waals surface area contributed by atoms with E-state index in [1.54, 1.807) is 7.05 Å². The van der Waals surface area contributed by atoms with Gasteiger partial charge >= 0.3 is 0 Å². The Labute approximate surface area is 172 Å². The molecular formula is C18H29IN4OS. The number of nitrogens with zero attached hydrogens (tertiary/aromatic N) is 2. The highest BCUT2D eigenvalue weighted by Crippen LogP contribution is 2.20. The van der Waals surface area contributed by atoms with Crippen molar-refractivity contribution in [3.05, 3.63) is 35.4 Å². The van der Waals surface area contributed by atoms with Crippen molar-refractivity contribution in [1.82, 2.24) is 15.5 Å². The van der Waals surface area contributed by atoms with Gasteiger partial charge in [0.15, 0.2) is 5.96 Å². The van der Waals surface area contributed by atoms with E-state index in [1.165, 1.54) is 6.42 Å².